The van der Waals surface area contributed by atoms with Crippen molar-refractivity contribution in [1.29, 1.82) is 5.41 Å². The lowest BCUT2D eigenvalue weighted by Crippen LogP contribution is -2.42. The average molecular weight is 635 g/mol. The van der Waals surface area contributed by atoms with Gasteiger partial charge in [-0.25, -0.2) is 0 Å². The molecule has 1 saturated heterocycles. The first-order valence-corrected chi connectivity index (χ1v) is 17.0. The van der Waals surface area contributed by atoms with Crippen molar-refractivity contribution in [3.63, 3.8) is 0 Å². The summed E-state index contributed by atoms with van der Waals surface area (Å²) in [7, 11) is 0. The molecule has 248 valence electrons. The van der Waals surface area contributed by atoms with E-state index in [9.17, 15) is 13.2 Å². The van der Waals surface area contributed by atoms with E-state index in [1.54, 1.807) is 6.07 Å². The third kappa shape index (κ3) is 8.74. The lowest BCUT2D eigenvalue weighted by molar-refractivity contribution is -0.137. The monoisotopic (exact) mass is 634 g/mol. The van der Waals surface area contributed by atoms with Gasteiger partial charge in [0.15, 0.2) is 11.9 Å². The maximum absolute atomic E-state index is 13.2. The van der Waals surface area contributed by atoms with E-state index < -0.39 is 11.7 Å². The largest absolute Gasteiger partial charge is 0.416 e. The highest BCUT2D eigenvalue weighted by Crippen LogP contribution is 2.30. The summed E-state index contributed by atoms with van der Waals surface area (Å²) in [6.07, 6.45) is 5.99. The van der Waals surface area contributed by atoms with Crippen LogP contribution in [0.5, 0.6) is 0 Å². The fourth-order valence-corrected chi connectivity index (χ4v) is 6.93. The van der Waals surface area contributed by atoms with Gasteiger partial charge in [0.05, 0.1) is 24.2 Å². The van der Waals surface area contributed by atoms with Gasteiger partial charge in [-0.3, -0.25) is 10.4 Å². The van der Waals surface area contributed by atoms with Crippen LogP contribution in [-0.4, -0.2) is 71.4 Å². The molecule has 3 aromatic rings. The topological polar surface area (TPSA) is 72.0 Å². The van der Waals surface area contributed by atoms with Crippen LogP contribution in [0.2, 0.25) is 0 Å². The molecule has 0 amide bonds. The molecule has 1 fully saturated rings. The minimum absolute atomic E-state index is 0.157. The molecule has 0 radical (unpaired) electrons. The molecule has 3 aromatic carbocycles. The van der Waals surface area contributed by atoms with Crippen LogP contribution in [0, 0.1) is 5.41 Å². The summed E-state index contributed by atoms with van der Waals surface area (Å²) in [6.45, 7) is 6.03. The van der Waals surface area contributed by atoms with E-state index in [2.05, 4.69) is 69.1 Å². The van der Waals surface area contributed by atoms with Crippen LogP contribution in [-0.2, 0) is 19.0 Å². The second-order valence-electron chi connectivity index (χ2n) is 12.9. The number of nitrogens with two attached hydrogens (primary N) is 1. The van der Waals surface area contributed by atoms with Crippen LogP contribution < -0.4 is 5.73 Å². The van der Waals surface area contributed by atoms with Gasteiger partial charge >= 0.3 is 6.18 Å². The van der Waals surface area contributed by atoms with Gasteiger partial charge < -0.3 is 20.4 Å². The van der Waals surface area contributed by atoms with Gasteiger partial charge in [0, 0.05) is 26.2 Å². The summed E-state index contributed by atoms with van der Waals surface area (Å²) in [5, 5.41) is 11.6. The number of benzene rings is 3. The second kappa shape index (κ2) is 15.7. The Morgan fingerprint density at radius 2 is 1.59 bits per heavy atom. The first-order valence-electron chi connectivity index (χ1n) is 17.0. The van der Waals surface area contributed by atoms with Gasteiger partial charge in [0.1, 0.15) is 0 Å². The Hall–Kier alpha value is -3.75. The van der Waals surface area contributed by atoms with Crippen molar-refractivity contribution < 1.29 is 13.2 Å². The first kappa shape index (κ1) is 33.6. The van der Waals surface area contributed by atoms with E-state index in [4.69, 9.17) is 11.1 Å². The molecule has 2 atom stereocenters. The molecule has 2 aliphatic rings. The summed E-state index contributed by atoms with van der Waals surface area (Å²) in [4.78, 5) is 11.1. The van der Waals surface area contributed by atoms with Gasteiger partial charge in [-0.1, -0.05) is 93.3 Å². The Labute approximate surface area is 272 Å². The summed E-state index contributed by atoms with van der Waals surface area (Å²) in [5.41, 5.74) is 7.55. The highest BCUT2D eigenvalue weighted by molar-refractivity contribution is 5.83. The van der Waals surface area contributed by atoms with E-state index in [0.29, 0.717) is 37.0 Å². The molecule has 0 bridgehead atoms. The van der Waals surface area contributed by atoms with Gasteiger partial charge in [0.25, 0.3) is 0 Å². The molecule has 0 aliphatic carbocycles. The van der Waals surface area contributed by atoms with Crippen molar-refractivity contribution in [1.82, 2.24) is 14.7 Å². The zero-order valence-corrected chi connectivity index (χ0v) is 27.1. The smallest absolute Gasteiger partial charge is 0.370 e. The molecule has 6 nitrogen and oxygen atoms in total. The van der Waals surface area contributed by atoms with Crippen LogP contribution in [0.25, 0.3) is 10.8 Å². The number of alkyl halides is 3. The molecule has 0 spiro atoms. The molecular formula is C37H49F3N6. The predicted molar refractivity (Wildman–Crippen MR) is 182 cm³/mol. The van der Waals surface area contributed by atoms with E-state index >= 15 is 0 Å². The summed E-state index contributed by atoms with van der Waals surface area (Å²) in [5.74, 6) is 1.13. The number of unbranched alkanes of at least 4 members (excludes halogenated alkanes) is 5. The van der Waals surface area contributed by atoms with Crippen molar-refractivity contribution in [3.05, 3.63) is 83.4 Å². The molecule has 3 N–H and O–H groups in total. The lowest BCUT2D eigenvalue weighted by Gasteiger charge is -2.27. The average Bonchev–Trinajstić information content (AvgIpc) is 3.54. The zero-order chi connectivity index (χ0) is 32.5. The molecule has 0 saturated carbocycles. The molecule has 5 rings (SSSR count). The number of hydrogen-bond acceptors (Lipinski definition) is 4. The van der Waals surface area contributed by atoms with E-state index in [-0.39, 0.29) is 12.1 Å². The van der Waals surface area contributed by atoms with Crippen LogP contribution in [0.3, 0.4) is 0 Å². The minimum atomic E-state index is -4.35. The molecule has 0 aromatic heterocycles. The zero-order valence-electron chi connectivity index (χ0n) is 27.1. The molecule has 46 heavy (non-hydrogen) atoms. The number of rotatable bonds is 16. The number of guanidine groups is 2. The van der Waals surface area contributed by atoms with Gasteiger partial charge in [-0.2, -0.15) is 13.2 Å². The van der Waals surface area contributed by atoms with E-state index in [1.807, 2.05) is 0 Å². The number of fused-ring (bicyclic) bond motifs is 1. The Balaban J connectivity index is 1.13. The Kier molecular flexibility index (Phi) is 11.5. The number of nitrogens with zero attached hydrogens (tertiary/aromatic N) is 4. The number of halogens is 3. The fourth-order valence-electron chi connectivity index (χ4n) is 6.93. The molecule has 9 heteroatoms. The maximum atomic E-state index is 13.2. The normalized spacial score (nSPS) is 18.7. The fraction of sp³-hybridized carbons (Fsp3) is 0.514. The van der Waals surface area contributed by atoms with Crippen molar-refractivity contribution in [3.8, 4) is 0 Å². The minimum Gasteiger partial charge on any atom is -0.370 e. The predicted octanol–water partition coefficient (Wildman–Crippen LogP) is 7.70. The highest BCUT2D eigenvalue weighted by Gasteiger charge is 2.34. The van der Waals surface area contributed by atoms with Gasteiger partial charge in [-0.15, -0.1) is 0 Å². The number of aliphatic imine (C=N–C) groups is 1. The van der Waals surface area contributed by atoms with E-state index in [1.165, 1.54) is 54.2 Å². The molecule has 2 heterocycles. The summed E-state index contributed by atoms with van der Waals surface area (Å²) >= 11 is 0. The van der Waals surface area contributed by atoms with Gasteiger partial charge in [0.2, 0.25) is 0 Å². The van der Waals surface area contributed by atoms with Crippen molar-refractivity contribution >= 4 is 22.7 Å². The van der Waals surface area contributed by atoms with Crippen molar-refractivity contribution in [2.75, 3.05) is 32.7 Å². The Bertz CT molecular complexity index is 1470. The van der Waals surface area contributed by atoms with Gasteiger partial charge in [-0.05, 0) is 66.5 Å². The SMILES string of the molecule is CCCCCCCN1C(=N)N(CCCC[C@H]2CN=C(N)N2CCc2cccc(C(F)(F)F)c2)C[C@H]1Cc1ccc2ccccc2c1. The first-order chi connectivity index (χ1) is 22.2. The highest BCUT2D eigenvalue weighted by atomic mass is 19.4. The second-order valence-corrected chi connectivity index (χ2v) is 12.9. The third-order valence-corrected chi connectivity index (χ3v) is 9.54. The Morgan fingerprint density at radius 1 is 0.804 bits per heavy atom. The summed E-state index contributed by atoms with van der Waals surface area (Å²) < 4.78 is 39.5. The number of hydrogen-bond donors (Lipinski definition) is 2. The quantitative estimate of drug-likeness (QED) is 0.158. The third-order valence-electron chi connectivity index (χ3n) is 9.54. The van der Waals surface area contributed by atoms with Crippen LogP contribution >= 0.6 is 0 Å². The maximum Gasteiger partial charge on any atom is 0.416 e. The van der Waals surface area contributed by atoms with Crippen LogP contribution in [0.15, 0.2) is 71.7 Å². The Morgan fingerprint density at radius 3 is 2.39 bits per heavy atom. The van der Waals surface area contributed by atoms with Crippen LogP contribution in [0.4, 0.5) is 13.2 Å². The van der Waals surface area contributed by atoms with Crippen molar-refractivity contribution in [2.24, 2.45) is 10.7 Å². The van der Waals surface area contributed by atoms with Crippen LogP contribution in [0.1, 0.15) is 75.0 Å². The molecule has 0 unspecified atom stereocenters. The number of nitrogens with one attached hydrogen (secondary N) is 1. The summed E-state index contributed by atoms with van der Waals surface area (Å²) in [6, 6.07) is 21.2. The van der Waals surface area contributed by atoms with E-state index in [0.717, 1.165) is 57.8 Å². The van der Waals surface area contributed by atoms with Crippen molar-refractivity contribution in [2.45, 2.75) is 89.4 Å². The standard InChI is InChI=1S/C37H49F3N6/c1-2-3-4-5-9-21-46-34(25-29-17-18-30-13-6-7-14-31(30)23-29)27-44(36(46)42)20-10-8-16-33-26-43-35(41)45(33)22-19-28-12-11-15-32(24-28)37(38,39)40/h6-7,11-15,17-18,23-24,33-34,42H,2-5,8-10,16,19-22,25-27H2,1H3,(H2,41,43)/t33-,34+/m0/s1. The molecule has 2 aliphatic heterocycles. The lowest BCUT2D eigenvalue weighted by atomic mass is 10.0. The molecular weight excluding hydrogens is 585 g/mol.